The molecule has 2 aromatic rings. The number of nitrogens with one attached hydrogen (secondary N) is 2. The van der Waals surface area contributed by atoms with E-state index < -0.39 is 23.8 Å². The molecule has 0 spiro atoms. The zero-order chi connectivity index (χ0) is 15.4. The number of primary amides is 1. The van der Waals surface area contributed by atoms with Crippen LogP contribution in [0.4, 0.5) is 0 Å². The summed E-state index contributed by atoms with van der Waals surface area (Å²) in [7, 11) is 0. The number of H-pyrrole nitrogens is 1. The summed E-state index contributed by atoms with van der Waals surface area (Å²) in [5.41, 5.74) is 6.11. The van der Waals surface area contributed by atoms with Gasteiger partial charge in [0.25, 0.3) is 5.91 Å². The number of amides is 2. The standard InChI is InChI=1S/C14H15N3O4/c15-12(18)4-3-10(14(20)21)17-13(19)9-2-1-8-5-6-16-11(8)7-9/h1-2,5-7,10,16H,3-4H2,(H2,15,18)(H,17,19)(H,20,21)/t10-/m1/s1. The van der Waals surface area contributed by atoms with E-state index in [0.29, 0.717) is 5.56 Å². The first-order valence-electron chi connectivity index (χ1n) is 6.36. The summed E-state index contributed by atoms with van der Waals surface area (Å²) in [5.74, 6) is -2.32. The second-order valence-electron chi connectivity index (χ2n) is 4.65. The second-order valence-corrected chi connectivity index (χ2v) is 4.65. The van der Waals surface area contributed by atoms with E-state index in [4.69, 9.17) is 10.8 Å². The normalized spacial score (nSPS) is 12.0. The van der Waals surface area contributed by atoms with Gasteiger partial charge in [0.15, 0.2) is 0 Å². The Labute approximate surface area is 120 Å². The molecule has 7 heteroatoms. The highest BCUT2D eigenvalue weighted by molar-refractivity contribution is 5.99. The number of fused-ring (bicyclic) bond motifs is 1. The molecule has 7 nitrogen and oxygen atoms in total. The lowest BCUT2D eigenvalue weighted by Gasteiger charge is -2.13. The number of carbonyl (C=O) groups excluding carboxylic acids is 2. The Kier molecular flexibility index (Phi) is 4.22. The van der Waals surface area contributed by atoms with Gasteiger partial charge in [0.1, 0.15) is 6.04 Å². The third kappa shape index (κ3) is 3.59. The van der Waals surface area contributed by atoms with Crippen LogP contribution >= 0.6 is 0 Å². The number of aromatic amines is 1. The molecule has 0 radical (unpaired) electrons. The minimum atomic E-state index is -1.20. The molecule has 2 rings (SSSR count). The van der Waals surface area contributed by atoms with Crippen molar-refractivity contribution in [2.45, 2.75) is 18.9 Å². The fraction of sp³-hybridized carbons (Fsp3) is 0.214. The smallest absolute Gasteiger partial charge is 0.326 e. The number of hydrogen-bond donors (Lipinski definition) is 4. The molecule has 5 N–H and O–H groups in total. The Bertz CT molecular complexity index is 692. The minimum absolute atomic E-state index is 0.0405. The molecule has 0 bridgehead atoms. The summed E-state index contributed by atoms with van der Waals surface area (Å²) in [6.07, 6.45) is 1.60. The molecule has 21 heavy (non-hydrogen) atoms. The Morgan fingerprint density at radius 3 is 2.71 bits per heavy atom. The quantitative estimate of drug-likeness (QED) is 0.621. The van der Waals surface area contributed by atoms with Crippen molar-refractivity contribution in [3.05, 3.63) is 36.0 Å². The lowest BCUT2D eigenvalue weighted by Crippen LogP contribution is -2.41. The van der Waals surface area contributed by atoms with E-state index in [1.165, 1.54) is 0 Å². The molecule has 1 aromatic carbocycles. The van der Waals surface area contributed by atoms with Gasteiger partial charge in [-0.15, -0.1) is 0 Å². The zero-order valence-electron chi connectivity index (χ0n) is 11.1. The maximum atomic E-state index is 12.1. The van der Waals surface area contributed by atoms with Crippen molar-refractivity contribution in [2.24, 2.45) is 5.73 Å². The fourth-order valence-electron chi connectivity index (χ4n) is 1.97. The fourth-order valence-corrected chi connectivity index (χ4v) is 1.97. The monoisotopic (exact) mass is 289 g/mol. The molecule has 0 aliphatic heterocycles. The van der Waals surface area contributed by atoms with Gasteiger partial charge in [-0.05, 0) is 30.0 Å². The van der Waals surface area contributed by atoms with Gasteiger partial charge in [0.2, 0.25) is 5.91 Å². The van der Waals surface area contributed by atoms with Crippen LogP contribution in [0.1, 0.15) is 23.2 Å². The van der Waals surface area contributed by atoms with Crippen LogP contribution in [0, 0.1) is 0 Å². The van der Waals surface area contributed by atoms with E-state index in [1.807, 2.05) is 6.07 Å². The van der Waals surface area contributed by atoms with Gasteiger partial charge in [-0.1, -0.05) is 6.07 Å². The first kappa shape index (κ1) is 14.6. The Hall–Kier alpha value is -2.83. The number of aromatic nitrogens is 1. The van der Waals surface area contributed by atoms with Crippen molar-refractivity contribution >= 4 is 28.7 Å². The summed E-state index contributed by atoms with van der Waals surface area (Å²) in [6, 6.07) is 5.73. The van der Waals surface area contributed by atoms with E-state index in [9.17, 15) is 14.4 Å². The van der Waals surface area contributed by atoms with E-state index in [0.717, 1.165) is 10.9 Å². The second kappa shape index (κ2) is 6.08. The number of nitrogens with two attached hydrogens (primary N) is 1. The van der Waals surface area contributed by atoms with Crippen LogP contribution in [-0.4, -0.2) is 33.9 Å². The molecular weight excluding hydrogens is 274 g/mol. The maximum absolute atomic E-state index is 12.1. The van der Waals surface area contributed by atoms with Crippen molar-refractivity contribution in [3.8, 4) is 0 Å². The Morgan fingerprint density at radius 2 is 2.05 bits per heavy atom. The highest BCUT2D eigenvalue weighted by Gasteiger charge is 2.21. The molecule has 1 heterocycles. The molecule has 0 aliphatic carbocycles. The van der Waals surface area contributed by atoms with Crippen molar-refractivity contribution in [2.75, 3.05) is 0 Å². The molecule has 2 amide bonds. The average molecular weight is 289 g/mol. The first-order chi connectivity index (χ1) is 9.97. The van der Waals surface area contributed by atoms with Gasteiger partial charge < -0.3 is 21.1 Å². The van der Waals surface area contributed by atoms with Crippen molar-refractivity contribution < 1.29 is 19.5 Å². The summed E-state index contributed by atoms with van der Waals surface area (Å²) < 4.78 is 0. The highest BCUT2D eigenvalue weighted by Crippen LogP contribution is 2.14. The number of rotatable bonds is 6. The molecule has 0 fully saturated rings. The Morgan fingerprint density at radius 1 is 1.29 bits per heavy atom. The summed E-state index contributed by atoms with van der Waals surface area (Å²) >= 11 is 0. The predicted molar refractivity (Wildman–Crippen MR) is 75.6 cm³/mol. The highest BCUT2D eigenvalue weighted by atomic mass is 16.4. The molecular formula is C14H15N3O4. The van der Waals surface area contributed by atoms with Gasteiger partial charge in [-0.3, -0.25) is 9.59 Å². The summed E-state index contributed by atoms with van der Waals surface area (Å²) in [4.78, 5) is 36.8. The molecule has 0 unspecified atom stereocenters. The van der Waals surface area contributed by atoms with Gasteiger partial charge >= 0.3 is 5.97 Å². The third-order valence-corrected chi connectivity index (χ3v) is 3.10. The molecule has 1 aromatic heterocycles. The van der Waals surface area contributed by atoms with Crippen LogP contribution in [0.5, 0.6) is 0 Å². The van der Waals surface area contributed by atoms with Crippen molar-refractivity contribution in [1.82, 2.24) is 10.3 Å². The van der Waals surface area contributed by atoms with E-state index >= 15 is 0 Å². The number of carbonyl (C=O) groups is 3. The number of carboxylic acids is 1. The van der Waals surface area contributed by atoms with Crippen LogP contribution in [0.2, 0.25) is 0 Å². The summed E-state index contributed by atoms with van der Waals surface area (Å²) in [5, 5.41) is 12.4. The van der Waals surface area contributed by atoms with E-state index in [-0.39, 0.29) is 12.8 Å². The molecule has 0 saturated carbocycles. The zero-order valence-corrected chi connectivity index (χ0v) is 11.1. The number of carboxylic acid groups (broad SMARTS) is 1. The lowest BCUT2D eigenvalue weighted by atomic mass is 10.1. The molecule has 0 aliphatic rings. The summed E-state index contributed by atoms with van der Waals surface area (Å²) in [6.45, 7) is 0. The lowest BCUT2D eigenvalue weighted by molar-refractivity contribution is -0.139. The molecule has 110 valence electrons. The van der Waals surface area contributed by atoms with Crippen molar-refractivity contribution in [3.63, 3.8) is 0 Å². The minimum Gasteiger partial charge on any atom is -0.480 e. The largest absolute Gasteiger partial charge is 0.480 e. The number of benzene rings is 1. The maximum Gasteiger partial charge on any atom is 0.326 e. The van der Waals surface area contributed by atoms with Gasteiger partial charge in [0.05, 0.1) is 0 Å². The van der Waals surface area contributed by atoms with Gasteiger partial charge in [-0.2, -0.15) is 0 Å². The third-order valence-electron chi connectivity index (χ3n) is 3.10. The van der Waals surface area contributed by atoms with Crippen LogP contribution in [0.3, 0.4) is 0 Å². The number of aliphatic carboxylic acids is 1. The Balaban J connectivity index is 2.10. The van der Waals surface area contributed by atoms with Crippen LogP contribution in [-0.2, 0) is 9.59 Å². The van der Waals surface area contributed by atoms with Gasteiger partial charge in [0, 0.05) is 23.7 Å². The van der Waals surface area contributed by atoms with E-state index in [1.54, 1.807) is 24.4 Å². The van der Waals surface area contributed by atoms with E-state index in [2.05, 4.69) is 10.3 Å². The predicted octanol–water partition coefficient (Wildman–Crippen LogP) is 0.616. The van der Waals surface area contributed by atoms with Crippen LogP contribution < -0.4 is 11.1 Å². The number of hydrogen-bond acceptors (Lipinski definition) is 3. The average Bonchev–Trinajstić information content (AvgIpc) is 2.89. The molecule has 0 saturated heterocycles. The molecule has 1 atom stereocenters. The topological polar surface area (TPSA) is 125 Å². The van der Waals surface area contributed by atoms with Crippen LogP contribution in [0.15, 0.2) is 30.5 Å². The SMILES string of the molecule is NC(=O)CC[C@@H](NC(=O)c1ccc2cc[nH]c2c1)C(=O)O. The first-order valence-corrected chi connectivity index (χ1v) is 6.36. The van der Waals surface area contributed by atoms with Gasteiger partial charge in [-0.25, -0.2) is 4.79 Å². The van der Waals surface area contributed by atoms with Crippen molar-refractivity contribution in [1.29, 1.82) is 0 Å². The van der Waals surface area contributed by atoms with Crippen LogP contribution in [0.25, 0.3) is 10.9 Å².